The fourth-order valence-corrected chi connectivity index (χ4v) is 1.55. The molecule has 0 aromatic carbocycles. The summed E-state index contributed by atoms with van der Waals surface area (Å²) < 4.78 is 2.58. The van der Waals surface area contributed by atoms with Crippen LogP contribution < -0.4 is 16.6 Å². The van der Waals surface area contributed by atoms with Crippen molar-refractivity contribution in [2.24, 2.45) is 14.1 Å². The van der Waals surface area contributed by atoms with Gasteiger partial charge in [0.25, 0.3) is 5.56 Å². The average molecular weight is 209 g/mol. The Morgan fingerprint density at radius 2 is 2.07 bits per heavy atom. The average Bonchev–Trinajstić information content (AvgIpc) is 3.02. The van der Waals surface area contributed by atoms with Crippen LogP contribution in [-0.4, -0.2) is 15.2 Å². The first kappa shape index (κ1) is 10.2. The van der Waals surface area contributed by atoms with E-state index in [0.717, 1.165) is 4.57 Å². The predicted octanol–water partition coefficient (Wildman–Crippen LogP) is -0.664. The molecule has 0 unspecified atom stereocenters. The van der Waals surface area contributed by atoms with Crippen LogP contribution in [0.3, 0.4) is 0 Å². The summed E-state index contributed by atoms with van der Waals surface area (Å²) in [7, 11) is 3.16. The lowest BCUT2D eigenvalue weighted by Gasteiger charge is -2.06. The first-order valence-electron chi connectivity index (χ1n) is 5.08. The maximum atomic E-state index is 11.7. The fraction of sp³-hybridized carbons (Fsp3) is 0.600. The van der Waals surface area contributed by atoms with Gasteiger partial charge in [-0.15, -0.1) is 0 Å². The van der Waals surface area contributed by atoms with Crippen molar-refractivity contribution < 1.29 is 0 Å². The third kappa shape index (κ3) is 2.02. The summed E-state index contributed by atoms with van der Waals surface area (Å²) in [5.41, 5.74) is 0.160. The van der Waals surface area contributed by atoms with E-state index in [2.05, 4.69) is 5.32 Å². The van der Waals surface area contributed by atoms with Crippen LogP contribution in [0.5, 0.6) is 0 Å². The number of nitrogens with one attached hydrogen (secondary N) is 1. The standard InChI is InChI=1S/C10H15N3O2/c1-12-6-7(5-11-8-3-4-8)9(14)13(2)10(12)15/h6,8,11H,3-5H2,1-2H3. The van der Waals surface area contributed by atoms with Crippen molar-refractivity contribution in [2.75, 3.05) is 0 Å². The van der Waals surface area contributed by atoms with E-state index >= 15 is 0 Å². The molecule has 0 saturated heterocycles. The molecule has 1 aliphatic carbocycles. The van der Waals surface area contributed by atoms with E-state index in [4.69, 9.17) is 0 Å². The Labute approximate surface area is 87.3 Å². The third-order valence-corrected chi connectivity index (χ3v) is 2.68. The number of nitrogens with zero attached hydrogens (tertiary/aromatic N) is 2. The minimum atomic E-state index is -0.282. The van der Waals surface area contributed by atoms with Crippen molar-refractivity contribution >= 4 is 0 Å². The van der Waals surface area contributed by atoms with E-state index in [-0.39, 0.29) is 11.2 Å². The molecule has 1 aliphatic rings. The predicted molar refractivity (Wildman–Crippen MR) is 56.8 cm³/mol. The molecule has 82 valence electrons. The highest BCUT2D eigenvalue weighted by Crippen LogP contribution is 2.18. The van der Waals surface area contributed by atoms with Gasteiger partial charge in [-0.05, 0) is 12.8 Å². The maximum Gasteiger partial charge on any atom is 0.330 e. The first-order valence-corrected chi connectivity index (χ1v) is 5.08. The summed E-state index contributed by atoms with van der Waals surface area (Å²) in [6, 6.07) is 0.562. The van der Waals surface area contributed by atoms with Gasteiger partial charge in [-0.2, -0.15) is 0 Å². The Kier molecular flexibility index (Phi) is 2.48. The smallest absolute Gasteiger partial charge is 0.310 e. The van der Waals surface area contributed by atoms with Crippen molar-refractivity contribution in [3.8, 4) is 0 Å². The van der Waals surface area contributed by atoms with Gasteiger partial charge in [0.1, 0.15) is 0 Å². The summed E-state index contributed by atoms with van der Waals surface area (Å²) in [5.74, 6) is 0. The molecule has 0 spiro atoms. The van der Waals surface area contributed by atoms with Gasteiger partial charge in [0.2, 0.25) is 0 Å². The molecular weight excluding hydrogens is 194 g/mol. The van der Waals surface area contributed by atoms with Gasteiger partial charge in [0.05, 0.1) is 0 Å². The van der Waals surface area contributed by atoms with Crippen LogP contribution in [0.15, 0.2) is 15.8 Å². The van der Waals surface area contributed by atoms with Crippen molar-refractivity contribution in [3.05, 3.63) is 32.6 Å². The third-order valence-electron chi connectivity index (χ3n) is 2.68. The summed E-state index contributed by atoms with van der Waals surface area (Å²) in [6.07, 6.45) is 3.98. The van der Waals surface area contributed by atoms with E-state index in [1.807, 2.05) is 0 Å². The van der Waals surface area contributed by atoms with Crippen LogP contribution in [0.1, 0.15) is 18.4 Å². The Morgan fingerprint density at radius 1 is 1.40 bits per heavy atom. The van der Waals surface area contributed by atoms with Gasteiger partial charge in [-0.25, -0.2) is 4.79 Å². The monoisotopic (exact) mass is 209 g/mol. The summed E-state index contributed by atoms with van der Waals surface area (Å²) in [4.78, 5) is 23.1. The van der Waals surface area contributed by atoms with Gasteiger partial charge in [0.15, 0.2) is 0 Å². The molecule has 1 aromatic heterocycles. The Bertz CT molecular complexity index is 482. The van der Waals surface area contributed by atoms with Crippen LogP contribution in [0.2, 0.25) is 0 Å². The van der Waals surface area contributed by atoms with Crippen LogP contribution in [0, 0.1) is 0 Å². The molecule has 2 rings (SSSR count). The Morgan fingerprint density at radius 3 is 2.67 bits per heavy atom. The number of hydrogen-bond acceptors (Lipinski definition) is 3. The van der Waals surface area contributed by atoms with Crippen LogP contribution in [-0.2, 0) is 20.6 Å². The molecule has 1 aromatic rings. The molecule has 0 radical (unpaired) electrons. The quantitative estimate of drug-likeness (QED) is 0.718. The first-order chi connectivity index (χ1) is 7.09. The largest absolute Gasteiger partial charge is 0.330 e. The van der Waals surface area contributed by atoms with E-state index in [9.17, 15) is 9.59 Å². The second-order valence-electron chi connectivity index (χ2n) is 4.07. The summed E-state index contributed by atoms with van der Waals surface area (Å²) >= 11 is 0. The molecule has 5 nitrogen and oxygen atoms in total. The van der Waals surface area contributed by atoms with E-state index in [1.54, 1.807) is 13.2 Å². The minimum Gasteiger partial charge on any atom is -0.310 e. The zero-order valence-corrected chi connectivity index (χ0v) is 8.99. The molecule has 5 heteroatoms. The fourth-order valence-electron chi connectivity index (χ4n) is 1.55. The van der Waals surface area contributed by atoms with E-state index in [0.29, 0.717) is 18.2 Å². The number of aryl methyl sites for hydroxylation is 1. The van der Waals surface area contributed by atoms with Crippen molar-refractivity contribution in [1.29, 1.82) is 0 Å². The highest BCUT2D eigenvalue weighted by atomic mass is 16.2. The van der Waals surface area contributed by atoms with Gasteiger partial charge in [-0.3, -0.25) is 9.36 Å². The minimum absolute atomic E-state index is 0.203. The SMILES string of the molecule is Cn1cc(CNC2CC2)c(=O)n(C)c1=O. The molecule has 1 heterocycles. The van der Waals surface area contributed by atoms with Gasteiger partial charge in [-0.1, -0.05) is 0 Å². The van der Waals surface area contributed by atoms with Crippen LogP contribution in [0.25, 0.3) is 0 Å². The molecule has 15 heavy (non-hydrogen) atoms. The normalized spacial score (nSPS) is 15.6. The summed E-state index contributed by atoms with van der Waals surface area (Å²) in [5, 5.41) is 3.26. The Hall–Kier alpha value is -1.36. The lowest BCUT2D eigenvalue weighted by atomic mass is 10.3. The van der Waals surface area contributed by atoms with Crippen molar-refractivity contribution in [3.63, 3.8) is 0 Å². The van der Waals surface area contributed by atoms with Crippen LogP contribution in [0.4, 0.5) is 0 Å². The summed E-state index contributed by atoms with van der Waals surface area (Å²) in [6.45, 7) is 0.547. The Balaban J connectivity index is 2.29. The van der Waals surface area contributed by atoms with Gasteiger partial charge in [0, 0.05) is 38.4 Å². The van der Waals surface area contributed by atoms with Gasteiger partial charge < -0.3 is 9.88 Å². The van der Waals surface area contributed by atoms with E-state index < -0.39 is 0 Å². The lowest BCUT2D eigenvalue weighted by Crippen LogP contribution is -2.39. The molecule has 1 fully saturated rings. The second kappa shape index (κ2) is 3.66. The van der Waals surface area contributed by atoms with E-state index in [1.165, 1.54) is 24.5 Å². The number of rotatable bonds is 3. The van der Waals surface area contributed by atoms with Crippen LogP contribution >= 0.6 is 0 Å². The molecular formula is C10H15N3O2. The number of aromatic nitrogens is 2. The molecule has 0 aliphatic heterocycles. The molecule has 1 saturated carbocycles. The zero-order chi connectivity index (χ0) is 11.0. The van der Waals surface area contributed by atoms with Crippen molar-refractivity contribution in [2.45, 2.75) is 25.4 Å². The van der Waals surface area contributed by atoms with Crippen molar-refractivity contribution in [1.82, 2.24) is 14.5 Å². The zero-order valence-electron chi connectivity index (χ0n) is 8.99. The highest BCUT2D eigenvalue weighted by molar-refractivity contribution is 5.06. The highest BCUT2D eigenvalue weighted by Gasteiger charge is 2.20. The molecule has 1 N–H and O–H groups in total. The van der Waals surface area contributed by atoms with Gasteiger partial charge >= 0.3 is 5.69 Å². The molecule has 0 amide bonds. The second-order valence-corrected chi connectivity index (χ2v) is 4.07. The number of hydrogen-bond donors (Lipinski definition) is 1. The maximum absolute atomic E-state index is 11.7. The topological polar surface area (TPSA) is 56.0 Å². The molecule has 0 atom stereocenters. The lowest BCUT2D eigenvalue weighted by molar-refractivity contribution is 0.628. The molecule has 0 bridgehead atoms.